The number of carbonyl (C=O) groups is 1. The van der Waals surface area contributed by atoms with E-state index >= 15 is 0 Å². The number of hydrazone groups is 1. The fourth-order valence-corrected chi connectivity index (χ4v) is 2.40. The minimum absolute atomic E-state index is 0.368. The fourth-order valence-electron chi connectivity index (χ4n) is 2.40. The summed E-state index contributed by atoms with van der Waals surface area (Å²) in [5.41, 5.74) is 2.74. The second kappa shape index (κ2) is 9.28. The number of carbonyl (C=O) groups excluding carboxylic acids is 1. The van der Waals surface area contributed by atoms with Crippen molar-refractivity contribution in [1.29, 1.82) is 0 Å². The number of rotatable bonds is 8. The first-order valence-corrected chi connectivity index (χ1v) is 7.72. The lowest BCUT2D eigenvalue weighted by atomic mass is 9.99. The van der Waals surface area contributed by atoms with E-state index in [1.807, 2.05) is 18.2 Å². The Morgan fingerprint density at radius 3 is 2.19 bits per heavy atom. The van der Waals surface area contributed by atoms with Crippen LogP contribution in [-0.4, -0.2) is 38.7 Å². The highest BCUT2D eigenvalue weighted by Gasteiger charge is 2.22. The molecule has 0 fully saturated rings. The van der Waals surface area contributed by atoms with Crippen LogP contribution in [0.2, 0.25) is 0 Å². The SMILES string of the molecule is COc1cc(OC)c(NC(=O)C(/C=N/NO)c2ccccc2)c(OC)c1. The second-order valence-corrected chi connectivity index (χ2v) is 5.16. The molecule has 2 aromatic carbocycles. The van der Waals surface area contributed by atoms with Crippen LogP contribution in [0.15, 0.2) is 47.6 Å². The molecule has 1 unspecified atom stereocenters. The van der Waals surface area contributed by atoms with Gasteiger partial charge in [-0.15, -0.1) is 0 Å². The maximum absolute atomic E-state index is 12.9. The minimum atomic E-state index is -0.743. The summed E-state index contributed by atoms with van der Waals surface area (Å²) in [6, 6.07) is 12.3. The summed E-state index contributed by atoms with van der Waals surface area (Å²) in [5.74, 6) is 0.184. The highest BCUT2D eigenvalue weighted by atomic mass is 16.5. The van der Waals surface area contributed by atoms with E-state index in [4.69, 9.17) is 19.4 Å². The summed E-state index contributed by atoms with van der Waals surface area (Å²) < 4.78 is 15.9. The zero-order valence-corrected chi connectivity index (χ0v) is 14.7. The van der Waals surface area contributed by atoms with Gasteiger partial charge >= 0.3 is 0 Å². The van der Waals surface area contributed by atoms with Gasteiger partial charge in [0.2, 0.25) is 5.91 Å². The zero-order chi connectivity index (χ0) is 18.9. The van der Waals surface area contributed by atoms with Crippen molar-refractivity contribution in [2.75, 3.05) is 26.6 Å². The summed E-state index contributed by atoms with van der Waals surface area (Å²) in [7, 11) is 4.49. The van der Waals surface area contributed by atoms with Gasteiger partial charge in [-0.2, -0.15) is 10.7 Å². The molecule has 0 heterocycles. The van der Waals surface area contributed by atoms with Gasteiger partial charge < -0.3 is 19.5 Å². The smallest absolute Gasteiger partial charge is 0.237 e. The molecule has 3 N–H and O–H groups in total. The van der Waals surface area contributed by atoms with Gasteiger partial charge in [-0.1, -0.05) is 30.3 Å². The van der Waals surface area contributed by atoms with Gasteiger partial charge in [0.05, 0.1) is 21.3 Å². The molecule has 0 aliphatic rings. The molecule has 138 valence electrons. The lowest BCUT2D eigenvalue weighted by Gasteiger charge is -2.18. The molecule has 0 saturated carbocycles. The van der Waals surface area contributed by atoms with E-state index in [1.165, 1.54) is 27.5 Å². The van der Waals surface area contributed by atoms with Crippen molar-refractivity contribution in [2.45, 2.75) is 5.92 Å². The fraction of sp³-hybridized carbons (Fsp3) is 0.222. The van der Waals surface area contributed by atoms with Crippen molar-refractivity contribution in [3.8, 4) is 17.2 Å². The van der Waals surface area contributed by atoms with Crippen molar-refractivity contribution in [3.05, 3.63) is 48.0 Å². The summed E-state index contributed by atoms with van der Waals surface area (Å²) in [6.07, 6.45) is 1.30. The Kier molecular flexibility index (Phi) is 6.81. The highest BCUT2D eigenvalue weighted by Crippen LogP contribution is 2.39. The summed E-state index contributed by atoms with van der Waals surface area (Å²) in [4.78, 5) is 12.9. The number of nitrogens with one attached hydrogen (secondary N) is 2. The van der Waals surface area contributed by atoms with Gasteiger partial charge in [-0.05, 0) is 5.56 Å². The predicted octanol–water partition coefficient (Wildman–Crippen LogP) is 2.40. The first-order valence-electron chi connectivity index (χ1n) is 7.72. The van der Waals surface area contributed by atoms with E-state index < -0.39 is 5.92 Å². The second-order valence-electron chi connectivity index (χ2n) is 5.16. The molecule has 2 aromatic rings. The Balaban J connectivity index is 2.38. The van der Waals surface area contributed by atoms with E-state index in [9.17, 15) is 4.79 Å². The predicted molar refractivity (Wildman–Crippen MR) is 97.3 cm³/mol. The van der Waals surface area contributed by atoms with Crippen LogP contribution in [0.4, 0.5) is 5.69 Å². The molecule has 0 aliphatic heterocycles. The molecule has 0 bridgehead atoms. The van der Waals surface area contributed by atoms with Crippen molar-refractivity contribution in [2.24, 2.45) is 5.10 Å². The van der Waals surface area contributed by atoms with Crippen LogP contribution in [0.5, 0.6) is 17.2 Å². The summed E-state index contributed by atoms with van der Waals surface area (Å²) in [5, 5.41) is 15.1. The van der Waals surface area contributed by atoms with Crippen LogP contribution in [0.1, 0.15) is 11.5 Å². The molecule has 2 rings (SSSR count). The van der Waals surface area contributed by atoms with Crippen LogP contribution in [0, 0.1) is 0 Å². The third-order valence-corrected chi connectivity index (χ3v) is 3.69. The van der Waals surface area contributed by atoms with E-state index in [0.717, 1.165) is 0 Å². The number of anilines is 1. The monoisotopic (exact) mass is 359 g/mol. The van der Waals surface area contributed by atoms with E-state index in [-0.39, 0.29) is 5.91 Å². The molecular weight excluding hydrogens is 338 g/mol. The maximum Gasteiger partial charge on any atom is 0.237 e. The van der Waals surface area contributed by atoms with Gasteiger partial charge in [0.15, 0.2) is 0 Å². The van der Waals surface area contributed by atoms with Crippen LogP contribution >= 0.6 is 0 Å². The van der Waals surface area contributed by atoms with E-state index in [2.05, 4.69) is 10.4 Å². The number of nitrogens with zero attached hydrogens (tertiary/aromatic N) is 1. The average Bonchev–Trinajstić information content (AvgIpc) is 2.69. The van der Waals surface area contributed by atoms with Gasteiger partial charge in [0.25, 0.3) is 0 Å². The van der Waals surface area contributed by atoms with Crippen molar-refractivity contribution >= 4 is 17.8 Å². The topological polar surface area (TPSA) is 101 Å². The molecule has 26 heavy (non-hydrogen) atoms. The molecule has 1 amide bonds. The van der Waals surface area contributed by atoms with E-state index in [1.54, 1.807) is 29.9 Å². The number of hydrogen-bond acceptors (Lipinski definition) is 7. The third-order valence-electron chi connectivity index (χ3n) is 3.69. The molecule has 0 aromatic heterocycles. The van der Waals surface area contributed by atoms with E-state index in [0.29, 0.717) is 28.5 Å². The van der Waals surface area contributed by atoms with Crippen molar-refractivity contribution < 1.29 is 24.2 Å². The molecule has 0 spiro atoms. The van der Waals surface area contributed by atoms with Crippen LogP contribution in [0.3, 0.4) is 0 Å². The average molecular weight is 359 g/mol. The lowest BCUT2D eigenvalue weighted by molar-refractivity contribution is -0.116. The zero-order valence-electron chi connectivity index (χ0n) is 14.7. The summed E-state index contributed by atoms with van der Waals surface area (Å²) in [6.45, 7) is 0. The number of hydrogen-bond donors (Lipinski definition) is 3. The van der Waals surface area contributed by atoms with Gasteiger partial charge in [-0.3, -0.25) is 10.0 Å². The van der Waals surface area contributed by atoms with Crippen LogP contribution in [-0.2, 0) is 4.79 Å². The summed E-state index contributed by atoms with van der Waals surface area (Å²) >= 11 is 0. The van der Waals surface area contributed by atoms with Crippen molar-refractivity contribution in [1.82, 2.24) is 5.59 Å². The lowest BCUT2D eigenvalue weighted by Crippen LogP contribution is -2.23. The number of benzene rings is 2. The first-order chi connectivity index (χ1) is 12.6. The normalized spacial score (nSPS) is 11.7. The Morgan fingerprint density at radius 1 is 1.08 bits per heavy atom. The van der Waals surface area contributed by atoms with Gasteiger partial charge in [-0.25, -0.2) is 0 Å². The molecule has 0 saturated heterocycles. The standard InChI is InChI=1S/C18H21N3O5/c1-24-13-9-15(25-2)17(16(10-13)26-3)20-18(22)14(11-19-21-23)12-7-5-4-6-8-12/h4-11,14,21,23H,1-3H3,(H,20,22)/b19-11+. The van der Waals surface area contributed by atoms with Crippen LogP contribution < -0.4 is 25.1 Å². The largest absolute Gasteiger partial charge is 0.496 e. The molecule has 1 atom stereocenters. The Hall–Kier alpha value is -3.26. The first kappa shape index (κ1) is 19.1. The van der Waals surface area contributed by atoms with Crippen LogP contribution in [0.25, 0.3) is 0 Å². The molecule has 0 aliphatic carbocycles. The van der Waals surface area contributed by atoms with Crippen molar-refractivity contribution in [3.63, 3.8) is 0 Å². The minimum Gasteiger partial charge on any atom is -0.496 e. The third kappa shape index (κ3) is 4.42. The Bertz CT molecular complexity index is 740. The maximum atomic E-state index is 12.9. The number of methoxy groups -OCH3 is 3. The Labute approximate surface area is 151 Å². The quantitative estimate of drug-likeness (QED) is 0.494. The molecular formula is C18H21N3O5. The number of ether oxygens (including phenoxy) is 3. The van der Waals surface area contributed by atoms with Gasteiger partial charge in [0.1, 0.15) is 28.9 Å². The highest BCUT2D eigenvalue weighted by molar-refractivity contribution is 6.07. The van der Waals surface area contributed by atoms with Gasteiger partial charge in [0, 0.05) is 18.3 Å². The number of amides is 1. The molecule has 0 radical (unpaired) electrons. The molecule has 8 nitrogen and oxygen atoms in total. The Morgan fingerprint density at radius 2 is 1.69 bits per heavy atom. The molecule has 8 heteroatoms.